The van der Waals surface area contributed by atoms with Gasteiger partial charge in [-0.1, -0.05) is 6.07 Å². The molecule has 1 amide bonds. The van der Waals surface area contributed by atoms with Gasteiger partial charge in [0.15, 0.2) is 0 Å². The predicted octanol–water partition coefficient (Wildman–Crippen LogP) is 1.13. The van der Waals surface area contributed by atoms with Crippen LogP contribution in [-0.2, 0) is 11.2 Å². The molecule has 2 N–H and O–H groups in total. The Labute approximate surface area is 108 Å². The molecule has 1 aromatic heterocycles. The van der Waals surface area contributed by atoms with Crippen LogP contribution in [-0.4, -0.2) is 30.0 Å². The molecular weight excluding hydrogens is 226 g/mol. The summed E-state index contributed by atoms with van der Waals surface area (Å²) in [5, 5.41) is 6.45. The molecular formula is C14H21N3O. The van der Waals surface area contributed by atoms with E-state index in [0.717, 1.165) is 18.8 Å². The van der Waals surface area contributed by atoms with E-state index in [0.29, 0.717) is 12.3 Å². The van der Waals surface area contributed by atoms with Gasteiger partial charge >= 0.3 is 0 Å². The Bertz CT molecular complexity index is 374. The minimum Gasteiger partial charge on any atom is -0.353 e. The summed E-state index contributed by atoms with van der Waals surface area (Å²) in [6, 6.07) is 5.88. The molecule has 0 aromatic carbocycles. The van der Waals surface area contributed by atoms with E-state index >= 15 is 0 Å². The first kappa shape index (κ1) is 13.0. The van der Waals surface area contributed by atoms with Crippen molar-refractivity contribution in [3.8, 4) is 0 Å². The zero-order valence-electron chi connectivity index (χ0n) is 10.9. The van der Waals surface area contributed by atoms with Crippen LogP contribution in [0.4, 0.5) is 0 Å². The van der Waals surface area contributed by atoms with E-state index in [1.54, 1.807) is 6.20 Å². The van der Waals surface area contributed by atoms with E-state index in [2.05, 4.69) is 22.5 Å². The molecule has 0 aliphatic carbocycles. The van der Waals surface area contributed by atoms with Crippen LogP contribution >= 0.6 is 0 Å². The normalized spacial score (nSPS) is 21.3. The summed E-state index contributed by atoms with van der Waals surface area (Å²) in [5.74, 6) is 0.609. The van der Waals surface area contributed by atoms with Crippen molar-refractivity contribution >= 4 is 5.91 Å². The number of nitrogens with zero attached hydrogens (tertiary/aromatic N) is 1. The average Bonchev–Trinajstić information content (AvgIpc) is 2.40. The lowest BCUT2D eigenvalue weighted by Crippen LogP contribution is -2.45. The third-order valence-electron chi connectivity index (χ3n) is 3.50. The molecule has 0 radical (unpaired) electrons. The first-order valence-corrected chi connectivity index (χ1v) is 6.65. The van der Waals surface area contributed by atoms with Gasteiger partial charge in [0.25, 0.3) is 0 Å². The van der Waals surface area contributed by atoms with Crippen molar-refractivity contribution in [1.82, 2.24) is 15.6 Å². The number of amides is 1. The molecule has 0 bridgehead atoms. The van der Waals surface area contributed by atoms with Crippen LogP contribution in [0.2, 0.25) is 0 Å². The van der Waals surface area contributed by atoms with Crippen molar-refractivity contribution in [1.29, 1.82) is 0 Å². The van der Waals surface area contributed by atoms with E-state index < -0.39 is 0 Å². The zero-order valence-corrected chi connectivity index (χ0v) is 10.9. The van der Waals surface area contributed by atoms with E-state index in [-0.39, 0.29) is 11.9 Å². The second-order valence-electron chi connectivity index (χ2n) is 4.96. The molecule has 0 saturated carbocycles. The molecule has 2 unspecified atom stereocenters. The van der Waals surface area contributed by atoms with Crippen LogP contribution in [0.1, 0.15) is 25.5 Å². The summed E-state index contributed by atoms with van der Waals surface area (Å²) < 4.78 is 0. The quantitative estimate of drug-likeness (QED) is 0.838. The minimum atomic E-state index is 0.0618. The Balaban J connectivity index is 1.79. The smallest absolute Gasteiger partial charge is 0.226 e. The highest BCUT2D eigenvalue weighted by Crippen LogP contribution is 2.14. The molecule has 1 saturated heterocycles. The monoisotopic (exact) mass is 247 g/mol. The number of nitrogens with one attached hydrogen (secondary N) is 2. The van der Waals surface area contributed by atoms with E-state index in [4.69, 9.17) is 0 Å². The second-order valence-corrected chi connectivity index (χ2v) is 4.96. The first-order valence-electron chi connectivity index (χ1n) is 6.65. The maximum absolute atomic E-state index is 11.9. The summed E-state index contributed by atoms with van der Waals surface area (Å²) in [7, 11) is 0. The van der Waals surface area contributed by atoms with Gasteiger partial charge < -0.3 is 10.6 Å². The molecule has 4 nitrogen and oxygen atoms in total. The van der Waals surface area contributed by atoms with Gasteiger partial charge in [-0.2, -0.15) is 0 Å². The van der Waals surface area contributed by atoms with Crippen LogP contribution in [0.3, 0.4) is 0 Å². The van der Waals surface area contributed by atoms with Crippen molar-refractivity contribution < 1.29 is 4.79 Å². The minimum absolute atomic E-state index is 0.0618. The lowest BCUT2D eigenvalue weighted by Gasteiger charge is -2.28. The second kappa shape index (κ2) is 6.50. The summed E-state index contributed by atoms with van der Waals surface area (Å²) >= 11 is 0. The molecule has 1 aliphatic rings. The lowest BCUT2D eigenvalue weighted by molar-refractivity contribution is -0.121. The number of hydrogen-bond donors (Lipinski definition) is 2. The molecule has 98 valence electrons. The number of carbonyl (C=O) groups is 1. The molecule has 0 spiro atoms. The first-order chi connectivity index (χ1) is 8.75. The van der Waals surface area contributed by atoms with Crippen molar-refractivity contribution in [2.45, 2.75) is 32.2 Å². The number of rotatable bonds is 4. The molecule has 2 atom stereocenters. The molecule has 2 rings (SSSR count). The predicted molar refractivity (Wildman–Crippen MR) is 71.1 cm³/mol. The largest absolute Gasteiger partial charge is 0.353 e. The lowest BCUT2D eigenvalue weighted by atomic mass is 9.93. The van der Waals surface area contributed by atoms with Gasteiger partial charge in [0.2, 0.25) is 5.91 Å². The fourth-order valence-electron chi connectivity index (χ4n) is 2.40. The fourth-order valence-corrected chi connectivity index (χ4v) is 2.40. The van der Waals surface area contributed by atoms with Crippen LogP contribution in [0, 0.1) is 5.92 Å². The Morgan fingerprint density at radius 2 is 2.50 bits per heavy atom. The van der Waals surface area contributed by atoms with Crippen LogP contribution in [0.15, 0.2) is 24.4 Å². The third kappa shape index (κ3) is 3.81. The van der Waals surface area contributed by atoms with Gasteiger partial charge in [-0.25, -0.2) is 0 Å². The maximum atomic E-state index is 11.9. The van der Waals surface area contributed by atoms with Crippen molar-refractivity contribution in [3.63, 3.8) is 0 Å². The fraction of sp³-hybridized carbons (Fsp3) is 0.571. The van der Waals surface area contributed by atoms with E-state index in [9.17, 15) is 4.79 Å². The molecule has 1 fully saturated rings. The van der Waals surface area contributed by atoms with E-state index in [1.165, 1.54) is 12.8 Å². The average molecular weight is 247 g/mol. The number of carbonyl (C=O) groups excluding carboxylic acids is 1. The number of pyridine rings is 1. The van der Waals surface area contributed by atoms with E-state index in [1.807, 2.05) is 18.2 Å². The van der Waals surface area contributed by atoms with Crippen LogP contribution < -0.4 is 10.6 Å². The summed E-state index contributed by atoms with van der Waals surface area (Å²) in [4.78, 5) is 16.1. The highest BCUT2D eigenvalue weighted by molar-refractivity contribution is 5.78. The van der Waals surface area contributed by atoms with Gasteiger partial charge in [0.1, 0.15) is 0 Å². The molecule has 4 heteroatoms. The molecule has 1 aliphatic heterocycles. The standard InChI is InChI=1S/C14H21N3O/c1-11(12-5-4-7-15-10-12)17-14(18)9-13-6-2-3-8-16-13/h2-3,6,8,11-12,15H,4-5,7,9-10H2,1H3,(H,17,18). The van der Waals surface area contributed by atoms with Crippen LogP contribution in [0.5, 0.6) is 0 Å². The zero-order chi connectivity index (χ0) is 12.8. The molecule has 1 aromatic rings. The Morgan fingerprint density at radius 3 is 3.17 bits per heavy atom. The van der Waals surface area contributed by atoms with Crippen molar-refractivity contribution in [2.24, 2.45) is 5.92 Å². The van der Waals surface area contributed by atoms with Gasteiger partial charge in [-0.15, -0.1) is 0 Å². The third-order valence-corrected chi connectivity index (χ3v) is 3.50. The maximum Gasteiger partial charge on any atom is 0.226 e. The van der Waals surface area contributed by atoms with Gasteiger partial charge in [0, 0.05) is 17.9 Å². The topological polar surface area (TPSA) is 54.0 Å². The summed E-state index contributed by atoms with van der Waals surface area (Å²) in [6.45, 7) is 4.20. The van der Waals surface area contributed by atoms with Gasteiger partial charge in [0.05, 0.1) is 6.42 Å². The Kier molecular flexibility index (Phi) is 4.70. The van der Waals surface area contributed by atoms with Crippen molar-refractivity contribution in [2.75, 3.05) is 13.1 Å². The highest BCUT2D eigenvalue weighted by Gasteiger charge is 2.21. The summed E-state index contributed by atoms with van der Waals surface area (Å²) in [5.41, 5.74) is 0.823. The molecule has 18 heavy (non-hydrogen) atoms. The van der Waals surface area contributed by atoms with Gasteiger partial charge in [-0.05, 0) is 50.9 Å². The van der Waals surface area contributed by atoms with Crippen molar-refractivity contribution in [3.05, 3.63) is 30.1 Å². The number of hydrogen-bond acceptors (Lipinski definition) is 3. The summed E-state index contributed by atoms with van der Waals surface area (Å²) in [6.07, 6.45) is 4.48. The molecule has 2 heterocycles. The number of piperidine rings is 1. The number of aromatic nitrogens is 1. The SMILES string of the molecule is CC(NC(=O)Cc1ccccn1)C1CCCNC1. The highest BCUT2D eigenvalue weighted by atomic mass is 16.1. The Hall–Kier alpha value is -1.42. The van der Waals surface area contributed by atoms with Crippen LogP contribution in [0.25, 0.3) is 0 Å². The Morgan fingerprint density at radius 1 is 1.61 bits per heavy atom. The van der Waals surface area contributed by atoms with Gasteiger partial charge in [-0.3, -0.25) is 9.78 Å².